The lowest BCUT2D eigenvalue weighted by Crippen LogP contribution is -2.25. The molecule has 3 aromatic rings. The van der Waals surface area contributed by atoms with Crippen molar-refractivity contribution in [2.45, 2.75) is 37.5 Å². The molecule has 0 bridgehead atoms. The number of oxazole rings is 1. The lowest BCUT2D eigenvalue weighted by Gasteiger charge is -2.27. The summed E-state index contributed by atoms with van der Waals surface area (Å²) < 4.78 is 24.5. The standard InChI is InChI=1S/C24H25FN2O4/c25-13-16(14-26-24(28)29)15-30-20-10-11-21-22(12-20)31-23(27-21)19-8-6-18(7-9-19)17-4-2-1-3-5-17/h1-5,10-13,18-19,26H,6-9,14-15H2,(H,28,29). The molecule has 4 rings (SSSR count). The van der Waals surface area contributed by atoms with Crippen molar-refractivity contribution >= 4 is 17.2 Å². The van der Waals surface area contributed by atoms with E-state index in [4.69, 9.17) is 14.3 Å². The zero-order chi connectivity index (χ0) is 21.6. The number of fused-ring (bicyclic) bond motifs is 1. The molecular formula is C24H25FN2O4. The van der Waals surface area contributed by atoms with E-state index in [-0.39, 0.29) is 18.7 Å². The number of nitrogens with one attached hydrogen (secondary N) is 1. The molecule has 0 radical (unpaired) electrons. The second-order valence-corrected chi connectivity index (χ2v) is 7.86. The van der Waals surface area contributed by atoms with Gasteiger partial charge in [0, 0.05) is 24.1 Å². The van der Waals surface area contributed by atoms with Gasteiger partial charge in [0.1, 0.15) is 17.9 Å². The van der Waals surface area contributed by atoms with Crippen molar-refractivity contribution in [3.63, 3.8) is 0 Å². The molecule has 1 aliphatic rings. The van der Waals surface area contributed by atoms with Crippen LogP contribution in [0.1, 0.15) is 49.0 Å². The number of halogens is 1. The number of ether oxygens (including phenoxy) is 1. The summed E-state index contributed by atoms with van der Waals surface area (Å²) in [7, 11) is 0. The summed E-state index contributed by atoms with van der Waals surface area (Å²) in [6.45, 7) is -0.195. The number of carboxylic acid groups (broad SMARTS) is 1. The van der Waals surface area contributed by atoms with E-state index >= 15 is 0 Å². The number of aromatic nitrogens is 1. The van der Waals surface area contributed by atoms with Crippen molar-refractivity contribution in [1.29, 1.82) is 0 Å². The number of hydrogen-bond donors (Lipinski definition) is 2. The highest BCUT2D eigenvalue weighted by Crippen LogP contribution is 2.41. The van der Waals surface area contributed by atoms with Gasteiger partial charge in [-0.15, -0.1) is 0 Å². The van der Waals surface area contributed by atoms with E-state index in [0.29, 0.717) is 29.5 Å². The Balaban J connectivity index is 1.37. The predicted molar refractivity (Wildman–Crippen MR) is 115 cm³/mol. The third kappa shape index (κ3) is 5.23. The zero-order valence-electron chi connectivity index (χ0n) is 17.1. The molecule has 0 spiro atoms. The molecule has 0 saturated heterocycles. The van der Waals surface area contributed by atoms with E-state index in [0.717, 1.165) is 37.1 Å². The maximum atomic E-state index is 12.9. The summed E-state index contributed by atoms with van der Waals surface area (Å²) >= 11 is 0. The van der Waals surface area contributed by atoms with Gasteiger partial charge in [-0.1, -0.05) is 30.3 Å². The third-order valence-corrected chi connectivity index (χ3v) is 5.77. The monoisotopic (exact) mass is 424 g/mol. The Bertz CT molecular complexity index is 1060. The Labute approximate surface area is 179 Å². The lowest BCUT2D eigenvalue weighted by molar-refractivity contribution is 0.195. The molecule has 2 N–H and O–H groups in total. The van der Waals surface area contributed by atoms with Crippen molar-refractivity contribution in [1.82, 2.24) is 10.3 Å². The molecular weight excluding hydrogens is 399 g/mol. The van der Waals surface area contributed by atoms with Gasteiger partial charge in [-0.2, -0.15) is 0 Å². The molecule has 1 amide bonds. The van der Waals surface area contributed by atoms with Crippen LogP contribution in [0, 0.1) is 0 Å². The Morgan fingerprint density at radius 2 is 1.90 bits per heavy atom. The van der Waals surface area contributed by atoms with Crippen molar-refractivity contribution in [2.24, 2.45) is 0 Å². The summed E-state index contributed by atoms with van der Waals surface area (Å²) in [5.74, 6) is 2.17. The number of benzene rings is 2. The molecule has 1 aliphatic carbocycles. The van der Waals surface area contributed by atoms with E-state index in [1.165, 1.54) is 5.56 Å². The van der Waals surface area contributed by atoms with Crippen molar-refractivity contribution < 1.29 is 23.4 Å². The fraction of sp³-hybridized carbons (Fsp3) is 0.333. The summed E-state index contributed by atoms with van der Waals surface area (Å²) in [5, 5.41) is 10.7. The van der Waals surface area contributed by atoms with Gasteiger partial charge in [0.25, 0.3) is 0 Å². The van der Waals surface area contributed by atoms with E-state index in [1.54, 1.807) is 12.1 Å². The first-order valence-corrected chi connectivity index (χ1v) is 10.5. The highest BCUT2D eigenvalue weighted by atomic mass is 19.1. The summed E-state index contributed by atoms with van der Waals surface area (Å²) in [6.07, 6.45) is 3.45. The Morgan fingerprint density at radius 1 is 1.16 bits per heavy atom. The fourth-order valence-electron chi connectivity index (χ4n) is 4.07. The van der Waals surface area contributed by atoms with Crippen LogP contribution in [0.4, 0.5) is 9.18 Å². The summed E-state index contributed by atoms with van der Waals surface area (Å²) in [6, 6.07) is 16.0. The summed E-state index contributed by atoms with van der Waals surface area (Å²) in [5.41, 5.74) is 2.99. The molecule has 7 heteroatoms. The van der Waals surface area contributed by atoms with Crippen molar-refractivity contribution in [3.8, 4) is 5.75 Å². The molecule has 31 heavy (non-hydrogen) atoms. The molecule has 162 valence electrons. The van der Waals surface area contributed by atoms with Crippen LogP contribution >= 0.6 is 0 Å². The van der Waals surface area contributed by atoms with Gasteiger partial charge >= 0.3 is 6.09 Å². The van der Waals surface area contributed by atoms with Gasteiger partial charge in [-0.05, 0) is 49.3 Å². The van der Waals surface area contributed by atoms with Crippen LogP contribution < -0.4 is 10.1 Å². The fourth-order valence-corrected chi connectivity index (χ4v) is 4.07. The Hall–Kier alpha value is -3.35. The average Bonchev–Trinajstić information content (AvgIpc) is 3.23. The van der Waals surface area contributed by atoms with Gasteiger partial charge in [-0.3, -0.25) is 0 Å². The van der Waals surface area contributed by atoms with E-state index in [1.807, 2.05) is 12.1 Å². The molecule has 0 unspecified atom stereocenters. The number of carbonyl (C=O) groups is 1. The Kier molecular flexibility index (Phi) is 6.50. The molecule has 6 nitrogen and oxygen atoms in total. The SMILES string of the molecule is O=C(O)NCC(=CF)COc1ccc2nc(C3CCC(c4ccccc4)CC3)oc2c1. The first-order valence-electron chi connectivity index (χ1n) is 10.5. The van der Waals surface area contributed by atoms with Gasteiger partial charge in [0.05, 0.1) is 6.33 Å². The molecule has 2 aromatic carbocycles. The molecule has 1 aromatic heterocycles. The minimum Gasteiger partial charge on any atom is -0.489 e. The summed E-state index contributed by atoms with van der Waals surface area (Å²) in [4.78, 5) is 15.2. The maximum absolute atomic E-state index is 12.9. The first kappa shape index (κ1) is 20.9. The quantitative estimate of drug-likeness (QED) is 0.503. The Morgan fingerprint density at radius 3 is 2.61 bits per heavy atom. The van der Waals surface area contributed by atoms with Gasteiger partial charge < -0.3 is 19.6 Å². The zero-order valence-corrected chi connectivity index (χ0v) is 17.1. The molecule has 1 fully saturated rings. The van der Waals surface area contributed by atoms with Crippen LogP contribution in [-0.2, 0) is 0 Å². The topological polar surface area (TPSA) is 84.6 Å². The van der Waals surface area contributed by atoms with Crippen LogP contribution in [0.5, 0.6) is 5.75 Å². The molecule has 0 atom stereocenters. The van der Waals surface area contributed by atoms with Gasteiger partial charge in [-0.25, -0.2) is 14.2 Å². The van der Waals surface area contributed by atoms with E-state index < -0.39 is 6.09 Å². The van der Waals surface area contributed by atoms with Gasteiger partial charge in [0.15, 0.2) is 11.5 Å². The molecule has 0 aliphatic heterocycles. The highest BCUT2D eigenvalue weighted by Gasteiger charge is 2.26. The van der Waals surface area contributed by atoms with E-state index in [9.17, 15) is 9.18 Å². The average molecular weight is 424 g/mol. The van der Waals surface area contributed by atoms with Crippen LogP contribution in [0.25, 0.3) is 11.1 Å². The number of nitrogens with zero attached hydrogens (tertiary/aromatic N) is 1. The van der Waals surface area contributed by atoms with Crippen LogP contribution in [0.2, 0.25) is 0 Å². The normalized spacial score (nSPS) is 19.3. The van der Waals surface area contributed by atoms with Crippen LogP contribution in [-0.4, -0.2) is 29.3 Å². The third-order valence-electron chi connectivity index (χ3n) is 5.77. The number of hydrogen-bond acceptors (Lipinski definition) is 4. The lowest BCUT2D eigenvalue weighted by atomic mass is 9.79. The number of rotatable bonds is 7. The van der Waals surface area contributed by atoms with Crippen molar-refractivity contribution in [3.05, 3.63) is 71.9 Å². The van der Waals surface area contributed by atoms with Crippen molar-refractivity contribution in [2.75, 3.05) is 13.2 Å². The minimum absolute atomic E-state index is 0.0627. The first-order chi connectivity index (χ1) is 15.1. The minimum atomic E-state index is -1.22. The number of amides is 1. The largest absolute Gasteiger partial charge is 0.489 e. The molecule has 1 saturated carbocycles. The highest BCUT2D eigenvalue weighted by molar-refractivity contribution is 5.74. The smallest absolute Gasteiger partial charge is 0.404 e. The maximum Gasteiger partial charge on any atom is 0.404 e. The predicted octanol–water partition coefficient (Wildman–Crippen LogP) is 5.77. The second-order valence-electron chi connectivity index (χ2n) is 7.86. The second kappa shape index (κ2) is 9.64. The molecule has 1 heterocycles. The van der Waals surface area contributed by atoms with Gasteiger partial charge in [0.2, 0.25) is 0 Å². The van der Waals surface area contributed by atoms with E-state index in [2.05, 4.69) is 34.6 Å². The van der Waals surface area contributed by atoms with Crippen LogP contribution in [0.3, 0.4) is 0 Å². The van der Waals surface area contributed by atoms with Crippen LogP contribution in [0.15, 0.2) is 64.9 Å².